The van der Waals surface area contributed by atoms with Crippen LogP contribution in [0.1, 0.15) is 27.8 Å². The van der Waals surface area contributed by atoms with Crippen molar-refractivity contribution in [2.24, 2.45) is 0 Å². The molecule has 0 aliphatic carbocycles. The third-order valence-corrected chi connectivity index (χ3v) is 3.56. The molecule has 3 nitrogen and oxygen atoms in total. The highest BCUT2D eigenvalue weighted by molar-refractivity contribution is 5.76. The van der Waals surface area contributed by atoms with Crippen LogP contribution in [-0.4, -0.2) is 15.3 Å². The second kappa shape index (κ2) is 5.29. The van der Waals surface area contributed by atoms with Gasteiger partial charge in [0.15, 0.2) is 0 Å². The first-order chi connectivity index (χ1) is 9.41. The molecule has 20 heavy (non-hydrogen) atoms. The smallest absolute Gasteiger partial charge is 0.125 e. The van der Waals surface area contributed by atoms with E-state index >= 15 is 0 Å². The SMILES string of the molecule is Cc1c(O)c(C)c(/C=C/c2ccc(O)cc2)c(C)c1O. The number of benzene rings is 2. The van der Waals surface area contributed by atoms with Crippen molar-refractivity contribution >= 4 is 12.2 Å². The van der Waals surface area contributed by atoms with Gasteiger partial charge >= 0.3 is 0 Å². The molecule has 0 aliphatic heterocycles. The molecule has 0 saturated carbocycles. The Morgan fingerprint density at radius 3 is 1.70 bits per heavy atom. The van der Waals surface area contributed by atoms with Gasteiger partial charge in [0.25, 0.3) is 0 Å². The van der Waals surface area contributed by atoms with Crippen LogP contribution in [0.3, 0.4) is 0 Å². The van der Waals surface area contributed by atoms with E-state index in [-0.39, 0.29) is 17.2 Å². The molecule has 3 heteroatoms. The van der Waals surface area contributed by atoms with Gasteiger partial charge in [0, 0.05) is 5.56 Å². The molecule has 2 aromatic carbocycles. The van der Waals surface area contributed by atoms with Crippen LogP contribution in [0, 0.1) is 20.8 Å². The Morgan fingerprint density at radius 2 is 1.20 bits per heavy atom. The normalized spacial score (nSPS) is 11.2. The number of phenolic OH excluding ortho intramolecular Hbond substituents is 3. The Balaban J connectivity index is 2.46. The second-order valence-electron chi connectivity index (χ2n) is 4.91. The lowest BCUT2D eigenvalue weighted by molar-refractivity contribution is 0.437. The monoisotopic (exact) mass is 270 g/mol. The summed E-state index contributed by atoms with van der Waals surface area (Å²) >= 11 is 0. The van der Waals surface area contributed by atoms with Gasteiger partial charge in [-0.15, -0.1) is 0 Å². The first kappa shape index (κ1) is 14.0. The molecule has 2 rings (SSSR count). The van der Waals surface area contributed by atoms with Crippen molar-refractivity contribution in [1.82, 2.24) is 0 Å². The molecule has 0 spiro atoms. The van der Waals surface area contributed by atoms with E-state index in [0.717, 1.165) is 22.3 Å². The van der Waals surface area contributed by atoms with Crippen molar-refractivity contribution in [2.45, 2.75) is 20.8 Å². The van der Waals surface area contributed by atoms with E-state index in [9.17, 15) is 15.3 Å². The van der Waals surface area contributed by atoms with Gasteiger partial charge in [-0.2, -0.15) is 0 Å². The van der Waals surface area contributed by atoms with E-state index < -0.39 is 0 Å². The second-order valence-corrected chi connectivity index (χ2v) is 4.91. The summed E-state index contributed by atoms with van der Waals surface area (Å²) in [6.45, 7) is 5.34. The summed E-state index contributed by atoms with van der Waals surface area (Å²) < 4.78 is 0. The van der Waals surface area contributed by atoms with Crippen molar-refractivity contribution in [2.75, 3.05) is 0 Å². The van der Waals surface area contributed by atoms with Crippen LogP contribution in [0.5, 0.6) is 17.2 Å². The predicted octanol–water partition coefficient (Wildman–Crippen LogP) is 3.90. The Morgan fingerprint density at radius 1 is 0.700 bits per heavy atom. The lowest BCUT2D eigenvalue weighted by Gasteiger charge is -2.13. The number of aromatic hydroxyl groups is 3. The third kappa shape index (κ3) is 2.48. The molecular formula is C17H18O3. The van der Waals surface area contributed by atoms with Gasteiger partial charge < -0.3 is 15.3 Å². The minimum absolute atomic E-state index is 0.124. The molecule has 104 valence electrons. The van der Waals surface area contributed by atoms with Crippen LogP contribution in [0.25, 0.3) is 12.2 Å². The zero-order valence-electron chi connectivity index (χ0n) is 11.8. The molecule has 0 bridgehead atoms. The average Bonchev–Trinajstić information content (AvgIpc) is 2.45. The summed E-state index contributed by atoms with van der Waals surface area (Å²) in [7, 11) is 0. The first-order valence-corrected chi connectivity index (χ1v) is 6.40. The number of rotatable bonds is 2. The van der Waals surface area contributed by atoms with Gasteiger partial charge in [0.2, 0.25) is 0 Å². The Hall–Kier alpha value is -2.42. The van der Waals surface area contributed by atoms with Crippen molar-refractivity contribution in [3.8, 4) is 17.2 Å². The van der Waals surface area contributed by atoms with E-state index in [0.29, 0.717) is 5.56 Å². The van der Waals surface area contributed by atoms with Crippen LogP contribution in [-0.2, 0) is 0 Å². The summed E-state index contributed by atoms with van der Waals surface area (Å²) in [6, 6.07) is 6.82. The van der Waals surface area contributed by atoms with E-state index in [1.807, 2.05) is 26.0 Å². The molecule has 0 fully saturated rings. The van der Waals surface area contributed by atoms with Crippen LogP contribution >= 0.6 is 0 Å². The van der Waals surface area contributed by atoms with Crippen molar-refractivity contribution in [3.05, 3.63) is 52.1 Å². The van der Waals surface area contributed by atoms with E-state index in [2.05, 4.69) is 0 Å². The molecule has 0 saturated heterocycles. The fourth-order valence-corrected chi connectivity index (χ4v) is 2.23. The molecule has 3 N–H and O–H groups in total. The zero-order chi connectivity index (χ0) is 14.9. The van der Waals surface area contributed by atoms with Crippen molar-refractivity contribution in [3.63, 3.8) is 0 Å². The van der Waals surface area contributed by atoms with Gasteiger partial charge in [-0.05, 0) is 55.2 Å². The predicted molar refractivity (Wildman–Crippen MR) is 81.0 cm³/mol. The summed E-state index contributed by atoms with van der Waals surface area (Å²) in [4.78, 5) is 0. The minimum atomic E-state index is 0.124. The Bertz CT molecular complexity index is 639. The largest absolute Gasteiger partial charge is 0.508 e. The van der Waals surface area contributed by atoms with Gasteiger partial charge in [0.1, 0.15) is 17.2 Å². The lowest BCUT2D eigenvalue weighted by atomic mass is 9.96. The summed E-state index contributed by atoms with van der Waals surface area (Å²) in [6.07, 6.45) is 3.74. The van der Waals surface area contributed by atoms with Crippen LogP contribution < -0.4 is 0 Å². The molecule has 0 aromatic heterocycles. The van der Waals surface area contributed by atoms with Gasteiger partial charge in [0.05, 0.1) is 0 Å². The molecule has 0 amide bonds. The molecule has 0 unspecified atom stereocenters. The van der Waals surface area contributed by atoms with Gasteiger partial charge in [-0.1, -0.05) is 24.3 Å². The number of hydrogen-bond donors (Lipinski definition) is 3. The van der Waals surface area contributed by atoms with Gasteiger partial charge in [-0.25, -0.2) is 0 Å². The highest BCUT2D eigenvalue weighted by Gasteiger charge is 2.14. The van der Waals surface area contributed by atoms with Crippen molar-refractivity contribution in [1.29, 1.82) is 0 Å². The lowest BCUT2D eigenvalue weighted by Crippen LogP contribution is -1.92. The standard InChI is InChI=1S/C17H18O3/c1-10-15(11(2)17(20)12(3)16(10)19)9-6-13-4-7-14(18)8-5-13/h4-9,18-20H,1-3H3/b9-6+. The quantitative estimate of drug-likeness (QED) is 0.725. The van der Waals surface area contributed by atoms with Gasteiger partial charge in [-0.3, -0.25) is 0 Å². The molecule has 0 radical (unpaired) electrons. The average molecular weight is 270 g/mol. The first-order valence-electron chi connectivity index (χ1n) is 6.40. The van der Waals surface area contributed by atoms with Crippen molar-refractivity contribution < 1.29 is 15.3 Å². The van der Waals surface area contributed by atoms with Crippen LogP contribution in [0.4, 0.5) is 0 Å². The zero-order valence-corrected chi connectivity index (χ0v) is 11.8. The number of hydrogen-bond acceptors (Lipinski definition) is 3. The van der Waals surface area contributed by atoms with Crippen LogP contribution in [0.15, 0.2) is 24.3 Å². The maximum absolute atomic E-state index is 10.00. The van der Waals surface area contributed by atoms with E-state index in [1.165, 1.54) is 0 Å². The summed E-state index contributed by atoms with van der Waals surface area (Å²) in [5.74, 6) is 0.469. The highest BCUT2D eigenvalue weighted by atomic mass is 16.3. The fraction of sp³-hybridized carbons (Fsp3) is 0.176. The number of phenols is 3. The molecule has 2 aromatic rings. The fourth-order valence-electron chi connectivity index (χ4n) is 2.23. The maximum atomic E-state index is 10.00. The third-order valence-electron chi connectivity index (χ3n) is 3.56. The maximum Gasteiger partial charge on any atom is 0.125 e. The molecule has 0 heterocycles. The minimum Gasteiger partial charge on any atom is -0.508 e. The summed E-state index contributed by atoms with van der Waals surface area (Å²) in [5, 5.41) is 29.2. The topological polar surface area (TPSA) is 60.7 Å². The summed E-state index contributed by atoms with van der Waals surface area (Å²) in [5.41, 5.74) is 3.72. The van der Waals surface area contributed by atoms with Crippen LogP contribution in [0.2, 0.25) is 0 Å². The highest BCUT2D eigenvalue weighted by Crippen LogP contribution is 2.37. The molecular weight excluding hydrogens is 252 g/mol. The Kier molecular flexibility index (Phi) is 3.70. The van der Waals surface area contributed by atoms with E-state index in [4.69, 9.17) is 0 Å². The van der Waals surface area contributed by atoms with E-state index in [1.54, 1.807) is 31.2 Å². The molecule has 0 atom stereocenters. The molecule has 0 aliphatic rings. The Labute approximate surface area is 118 Å².